The van der Waals surface area contributed by atoms with Crippen LogP contribution >= 0.6 is 0 Å². The minimum Gasteiger partial charge on any atom is -0.258 e. The van der Waals surface area contributed by atoms with Crippen molar-refractivity contribution < 1.29 is 26.7 Å². The zero-order chi connectivity index (χ0) is 14.6. The summed E-state index contributed by atoms with van der Waals surface area (Å²) in [6, 6.07) is 0.841. The highest BCUT2D eigenvalue weighted by atomic mass is 32.3. The van der Waals surface area contributed by atoms with Gasteiger partial charge in [-0.25, -0.2) is 16.8 Å². The Labute approximate surface area is 105 Å². The highest BCUT2D eigenvalue weighted by Crippen LogP contribution is 2.38. The number of nitro benzene ring substituents is 2. The summed E-state index contributed by atoms with van der Waals surface area (Å²) < 4.78 is 47.2. The van der Waals surface area contributed by atoms with Crippen molar-refractivity contribution in [2.75, 3.05) is 0 Å². The molecular formula is C6H3N3O8S2. The van der Waals surface area contributed by atoms with Crippen molar-refractivity contribution in [2.24, 2.45) is 0 Å². The third kappa shape index (κ3) is 1.92. The van der Waals surface area contributed by atoms with E-state index in [0.29, 0.717) is 12.1 Å². The lowest BCUT2D eigenvalue weighted by molar-refractivity contribution is -0.396. The van der Waals surface area contributed by atoms with Crippen LogP contribution in [-0.4, -0.2) is 26.7 Å². The Balaban J connectivity index is 3.01. The summed E-state index contributed by atoms with van der Waals surface area (Å²) in [5, 5.41) is 21.3. The first kappa shape index (κ1) is 13.3. The van der Waals surface area contributed by atoms with Gasteiger partial charge < -0.3 is 0 Å². The normalized spacial score (nSPS) is 18.7. The molecule has 1 aromatic carbocycles. The molecule has 0 saturated heterocycles. The van der Waals surface area contributed by atoms with E-state index in [2.05, 4.69) is 0 Å². The van der Waals surface area contributed by atoms with Gasteiger partial charge in [-0.1, -0.05) is 0 Å². The summed E-state index contributed by atoms with van der Waals surface area (Å²) in [6.07, 6.45) is 0. The van der Waals surface area contributed by atoms with Crippen LogP contribution < -0.4 is 4.13 Å². The van der Waals surface area contributed by atoms with Crippen LogP contribution in [0.2, 0.25) is 0 Å². The van der Waals surface area contributed by atoms with Gasteiger partial charge in [-0.3, -0.25) is 20.2 Å². The molecule has 102 valence electrons. The highest BCUT2D eigenvalue weighted by molar-refractivity contribution is 8.07. The molecule has 0 atom stereocenters. The monoisotopic (exact) mass is 309 g/mol. The molecule has 1 heterocycles. The smallest absolute Gasteiger partial charge is 0.258 e. The fourth-order valence-electron chi connectivity index (χ4n) is 1.52. The van der Waals surface area contributed by atoms with E-state index in [0.717, 1.165) is 0 Å². The molecule has 0 aromatic heterocycles. The molecule has 0 amide bonds. The number of hydrogen-bond acceptors (Lipinski definition) is 8. The summed E-state index contributed by atoms with van der Waals surface area (Å²) >= 11 is 0. The minimum absolute atomic E-state index is 0.388. The maximum absolute atomic E-state index is 11.5. The van der Waals surface area contributed by atoms with Gasteiger partial charge >= 0.3 is 0 Å². The first-order valence-corrected chi connectivity index (χ1v) is 7.28. The number of nitrogens with one attached hydrogen (secondary N) is 1. The van der Waals surface area contributed by atoms with Crippen LogP contribution in [0.4, 0.5) is 11.4 Å². The second kappa shape index (κ2) is 3.69. The Bertz CT molecular complexity index is 824. The summed E-state index contributed by atoms with van der Waals surface area (Å²) in [7, 11) is -9.21. The fourth-order valence-corrected chi connectivity index (χ4v) is 5.38. The molecule has 13 heteroatoms. The van der Waals surface area contributed by atoms with Gasteiger partial charge in [-0.15, -0.1) is 4.13 Å². The van der Waals surface area contributed by atoms with E-state index in [4.69, 9.17) is 0 Å². The molecule has 11 nitrogen and oxygen atoms in total. The van der Waals surface area contributed by atoms with E-state index in [9.17, 15) is 37.1 Å². The van der Waals surface area contributed by atoms with Gasteiger partial charge in [0, 0.05) is 6.07 Å². The lowest BCUT2D eigenvalue weighted by Gasteiger charge is -1.98. The molecule has 1 aliphatic heterocycles. The Morgan fingerprint density at radius 2 is 1.53 bits per heavy atom. The van der Waals surface area contributed by atoms with Crippen LogP contribution in [0.1, 0.15) is 0 Å². The number of hydrogen-bond donors (Lipinski definition) is 1. The predicted octanol–water partition coefficient (Wildman–Crippen LogP) is -0.516. The number of rotatable bonds is 2. The predicted molar refractivity (Wildman–Crippen MR) is 57.3 cm³/mol. The zero-order valence-electron chi connectivity index (χ0n) is 8.63. The van der Waals surface area contributed by atoms with Crippen molar-refractivity contribution in [3.8, 4) is 0 Å². The maximum atomic E-state index is 11.5. The van der Waals surface area contributed by atoms with E-state index in [-0.39, 0.29) is 0 Å². The van der Waals surface area contributed by atoms with Crippen molar-refractivity contribution in [1.82, 2.24) is 4.13 Å². The second-order valence-electron chi connectivity index (χ2n) is 3.40. The fraction of sp³-hybridized carbons (Fsp3) is 0. The molecule has 2 rings (SSSR count). The van der Waals surface area contributed by atoms with Crippen LogP contribution in [0.3, 0.4) is 0 Å². The Morgan fingerprint density at radius 1 is 0.947 bits per heavy atom. The summed E-state index contributed by atoms with van der Waals surface area (Å²) in [6.45, 7) is 0. The third-order valence-corrected chi connectivity index (χ3v) is 5.96. The number of fused-ring (bicyclic) bond motifs is 1. The number of non-ortho nitro benzene ring substituents is 1. The molecule has 0 fully saturated rings. The standard InChI is InChI=1S/C6H3N3O8S2/c10-8(11)3-1-4(9(12)13)6-5(2-3)18(14,15)7-19(6,16)17/h1-2,7H. The average Bonchev–Trinajstić information content (AvgIpc) is 2.43. The van der Waals surface area contributed by atoms with Gasteiger partial charge in [-0.2, -0.15) is 0 Å². The molecule has 0 radical (unpaired) electrons. The first-order chi connectivity index (χ1) is 8.56. The molecule has 0 bridgehead atoms. The largest absolute Gasteiger partial charge is 0.297 e. The quantitative estimate of drug-likeness (QED) is 0.562. The molecule has 1 N–H and O–H groups in total. The van der Waals surface area contributed by atoms with Gasteiger partial charge in [0.15, 0.2) is 4.90 Å². The Kier molecular flexibility index (Phi) is 2.58. The average molecular weight is 309 g/mol. The van der Waals surface area contributed by atoms with Gasteiger partial charge in [0.05, 0.1) is 15.9 Å². The lowest BCUT2D eigenvalue weighted by Crippen LogP contribution is -2.21. The summed E-state index contributed by atoms with van der Waals surface area (Å²) in [5.41, 5.74) is -2.06. The maximum Gasteiger partial charge on any atom is 0.297 e. The van der Waals surface area contributed by atoms with Crippen LogP contribution in [0.15, 0.2) is 21.9 Å². The summed E-state index contributed by atoms with van der Waals surface area (Å²) in [4.78, 5) is 16.9. The minimum atomic E-state index is -4.63. The highest BCUT2D eigenvalue weighted by Gasteiger charge is 2.45. The van der Waals surface area contributed by atoms with Crippen molar-refractivity contribution in [3.63, 3.8) is 0 Å². The molecule has 0 spiro atoms. The van der Waals surface area contributed by atoms with Crippen molar-refractivity contribution in [3.05, 3.63) is 32.4 Å². The van der Waals surface area contributed by atoms with Crippen LogP contribution in [0.5, 0.6) is 0 Å². The van der Waals surface area contributed by atoms with Crippen molar-refractivity contribution in [2.45, 2.75) is 9.79 Å². The molecule has 1 aliphatic rings. The van der Waals surface area contributed by atoms with E-state index in [1.165, 1.54) is 4.13 Å². The summed E-state index contributed by atoms with van der Waals surface area (Å²) in [5.74, 6) is 0. The Morgan fingerprint density at radius 3 is 2.00 bits per heavy atom. The molecule has 0 unspecified atom stereocenters. The van der Waals surface area contributed by atoms with Crippen molar-refractivity contribution >= 4 is 31.4 Å². The zero-order valence-corrected chi connectivity index (χ0v) is 10.3. The SMILES string of the molecule is O=[N+]([O-])c1cc([N+](=O)[O-])c2c(c1)S(=O)(=O)NS2(=O)=O. The molecule has 0 saturated carbocycles. The number of nitrogens with zero attached hydrogens (tertiary/aromatic N) is 2. The van der Waals surface area contributed by atoms with Gasteiger partial charge in [0.25, 0.3) is 31.4 Å². The first-order valence-electron chi connectivity index (χ1n) is 4.32. The second-order valence-corrected chi connectivity index (χ2v) is 6.93. The van der Waals surface area contributed by atoms with E-state index in [1.54, 1.807) is 0 Å². The van der Waals surface area contributed by atoms with Crippen LogP contribution in [0, 0.1) is 20.2 Å². The van der Waals surface area contributed by atoms with Crippen LogP contribution in [0.25, 0.3) is 0 Å². The molecule has 19 heavy (non-hydrogen) atoms. The van der Waals surface area contributed by atoms with Gasteiger partial charge in [0.1, 0.15) is 4.90 Å². The topological polar surface area (TPSA) is 167 Å². The van der Waals surface area contributed by atoms with Crippen molar-refractivity contribution in [1.29, 1.82) is 0 Å². The van der Waals surface area contributed by atoms with E-state index >= 15 is 0 Å². The van der Waals surface area contributed by atoms with Gasteiger partial charge in [0.2, 0.25) is 0 Å². The van der Waals surface area contributed by atoms with E-state index in [1.807, 2.05) is 0 Å². The molecule has 0 aliphatic carbocycles. The van der Waals surface area contributed by atoms with Gasteiger partial charge in [-0.05, 0) is 0 Å². The number of sulfonamides is 2. The Hall–Kier alpha value is -2.12. The molecular weight excluding hydrogens is 306 g/mol. The van der Waals surface area contributed by atoms with Crippen LogP contribution in [-0.2, 0) is 20.0 Å². The number of benzene rings is 1. The van der Waals surface area contributed by atoms with E-state index < -0.39 is 51.1 Å². The molecule has 1 aromatic rings. The third-order valence-electron chi connectivity index (χ3n) is 2.21. The lowest BCUT2D eigenvalue weighted by atomic mass is 10.3. The number of nitro groups is 2.